The summed E-state index contributed by atoms with van der Waals surface area (Å²) in [5, 5.41) is 4.12. The van der Waals surface area contributed by atoms with Crippen LogP contribution in [0.15, 0.2) is 24.5 Å². The Hall–Kier alpha value is -1.98. The number of aromatic nitrogens is 1. The zero-order valence-corrected chi connectivity index (χ0v) is 16.7. The number of hydrogen-bond donors (Lipinski definition) is 1. The number of halogens is 2. The van der Waals surface area contributed by atoms with Crippen LogP contribution in [-0.4, -0.2) is 42.1 Å². The number of benzene rings is 1. The van der Waals surface area contributed by atoms with E-state index < -0.39 is 0 Å². The lowest BCUT2D eigenvalue weighted by Crippen LogP contribution is -2.50. The summed E-state index contributed by atoms with van der Waals surface area (Å²) in [6.45, 7) is 8.63. The smallest absolute Gasteiger partial charge is 0.321 e. The summed E-state index contributed by atoms with van der Waals surface area (Å²) in [5.74, 6) is 0. The molecule has 1 aliphatic heterocycles. The minimum absolute atomic E-state index is 0.0772. The SMILES string of the molecule is Cc1cc(C)c(NC(=O)N2CCN(c3c(Cl)cncc3Cl)CC2)c(C)c1. The quantitative estimate of drug-likeness (QED) is 0.807. The monoisotopic (exact) mass is 392 g/mol. The number of anilines is 2. The normalized spacial score (nSPS) is 14.5. The number of amides is 2. The molecule has 0 unspecified atom stereocenters. The Bertz CT molecular complexity index is 789. The molecule has 5 nitrogen and oxygen atoms in total. The summed E-state index contributed by atoms with van der Waals surface area (Å²) in [6, 6.07) is 4.08. The van der Waals surface area contributed by atoms with E-state index >= 15 is 0 Å². The van der Waals surface area contributed by atoms with Crippen molar-refractivity contribution in [3.8, 4) is 0 Å². The predicted molar refractivity (Wildman–Crippen MR) is 108 cm³/mol. The Kier molecular flexibility index (Phi) is 5.58. The number of urea groups is 1. The van der Waals surface area contributed by atoms with Gasteiger partial charge in [0.1, 0.15) is 0 Å². The fourth-order valence-electron chi connectivity index (χ4n) is 3.40. The van der Waals surface area contributed by atoms with Crippen molar-refractivity contribution in [1.29, 1.82) is 0 Å². The number of pyridine rings is 1. The second kappa shape index (κ2) is 7.72. The van der Waals surface area contributed by atoms with Crippen LogP contribution in [0.3, 0.4) is 0 Å². The lowest BCUT2D eigenvalue weighted by atomic mass is 10.1. The van der Waals surface area contributed by atoms with E-state index in [1.54, 1.807) is 12.4 Å². The first kappa shape index (κ1) is 18.8. The van der Waals surface area contributed by atoms with Crippen molar-refractivity contribution in [2.75, 3.05) is 36.4 Å². The van der Waals surface area contributed by atoms with E-state index in [-0.39, 0.29) is 6.03 Å². The molecule has 0 spiro atoms. The van der Waals surface area contributed by atoms with Crippen molar-refractivity contribution < 1.29 is 4.79 Å². The minimum atomic E-state index is -0.0772. The molecule has 26 heavy (non-hydrogen) atoms. The van der Waals surface area contributed by atoms with E-state index in [0.29, 0.717) is 36.2 Å². The van der Waals surface area contributed by atoms with Crippen molar-refractivity contribution in [3.05, 3.63) is 51.3 Å². The Labute approximate surface area is 163 Å². The summed E-state index contributed by atoms with van der Waals surface area (Å²) >= 11 is 12.5. The Morgan fingerprint density at radius 1 is 1.00 bits per heavy atom. The molecule has 138 valence electrons. The van der Waals surface area contributed by atoms with Crippen molar-refractivity contribution in [2.45, 2.75) is 20.8 Å². The molecule has 2 heterocycles. The third-order valence-electron chi connectivity index (χ3n) is 4.62. The molecule has 0 aliphatic carbocycles. The molecule has 2 amide bonds. The number of nitrogens with zero attached hydrogens (tertiary/aromatic N) is 3. The number of carbonyl (C=O) groups is 1. The molecule has 1 aromatic heterocycles. The molecular weight excluding hydrogens is 371 g/mol. The lowest BCUT2D eigenvalue weighted by Gasteiger charge is -2.36. The highest BCUT2D eigenvalue weighted by Gasteiger charge is 2.24. The van der Waals surface area contributed by atoms with Crippen LogP contribution in [-0.2, 0) is 0 Å². The average molecular weight is 393 g/mol. The number of rotatable bonds is 2. The van der Waals surface area contributed by atoms with Crippen LogP contribution in [0.25, 0.3) is 0 Å². The molecule has 7 heteroatoms. The highest BCUT2D eigenvalue weighted by molar-refractivity contribution is 6.38. The second-order valence-corrected chi connectivity index (χ2v) is 7.44. The van der Waals surface area contributed by atoms with Crippen molar-refractivity contribution >= 4 is 40.6 Å². The largest absolute Gasteiger partial charge is 0.365 e. The highest BCUT2D eigenvalue weighted by atomic mass is 35.5. The molecule has 1 fully saturated rings. The van der Waals surface area contributed by atoms with Crippen LogP contribution in [0, 0.1) is 20.8 Å². The number of aryl methyl sites for hydroxylation is 3. The molecule has 0 bridgehead atoms. The molecule has 0 saturated carbocycles. The van der Waals surface area contributed by atoms with Crippen LogP contribution in [0.2, 0.25) is 10.0 Å². The van der Waals surface area contributed by atoms with Gasteiger partial charge in [0.15, 0.2) is 0 Å². The summed E-state index contributed by atoms with van der Waals surface area (Å²) in [7, 11) is 0. The number of hydrogen-bond acceptors (Lipinski definition) is 3. The van der Waals surface area contributed by atoms with Crippen LogP contribution >= 0.6 is 23.2 Å². The zero-order valence-electron chi connectivity index (χ0n) is 15.1. The minimum Gasteiger partial charge on any atom is -0.365 e. The molecule has 1 N–H and O–H groups in total. The summed E-state index contributed by atoms with van der Waals surface area (Å²) < 4.78 is 0. The maximum absolute atomic E-state index is 12.7. The number of carbonyl (C=O) groups excluding carboxylic acids is 1. The van der Waals surface area contributed by atoms with Crippen LogP contribution < -0.4 is 10.2 Å². The maximum atomic E-state index is 12.7. The maximum Gasteiger partial charge on any atom is 0.321 e. The predicted octanol–water partition coefficient (Wildman–Crippen LogP) is 4.67. The van der Waals surface area contributed by atoms with Gasteiger partial charge in [-0.2, -0.15) is 0 Å². The van der Waals surface area contributed by atoms with Gasteiger partial charge in [-0.1, -0.05) is 40.9 Å². The van der Waals surface area contributed by atoms with Gasteiger partial charge < -0.3 is 15.1 Å². The Morgan fingerprint density at radius 3 is 2.08 bits per heavy atom. The van der Waals surface area contributed by atoms with Gasteiger partial charge in [0, 0.05) is 44.3 Å². The van der Waals surface area contributed by atoms with Gasteiger partial charge in [0.05, 0.1) is 15.7 Å². The fraction of sp³-hybridized carbons (Fsp3) is 0.368. The van der Waals surface area contributed by atoms with E-state index in [2.05, 4.69) is 34.3 Å². The summed E-state index contributed by atoms with van der Waals surface area (Å²) in [6.07, 6.45) is 3.18. The molecule has 1 aliphatic rings. The molecule has 1 saturated heterocycles. The first-order valence-corrected chi connectivity index (χ1v) is 9.30. The molecule has 3 rings (SSSR count). The van der Waals surface area contributed by atoms with Crippen LogP contribution in [0.4, 0.5) is 16.2 Å². The van der Waals surface area contributed by atoms with Gasteiger partial charge in [-0.3, -0.25) is 4.98 Å². The van der Waals surface area contributed by atoms with Crippen LogP contribution in [0.1, 0.15) is 16.7 Å². The van der Waals surface area contributed by atoms with Gasteiger partial charge >= 0.3 is 6.03 Å². The summed E-state index contributed by atoms with van der Waals surface area (Å²) in [5.41, 5.74) is 5.02. The Morgan fingerprint density at radius 2 is 1.54 bits per heavy atom. The summed E-state index contributed by atoms with van der Waals surface area (Å²) in [4.78, 5) is 20.6. The van der Waals surface area contributed by atoms with E-state index in [9.17, 15) is 4.79 Å². The van der Waals surface area contributed by atoms with Gasteiger partial charge in [0.25, 0.3) is 0 Å². The standard InChI is InChI=1S/C19H22Cl2N4O/c1-12-8-13(2)17(14(3)9-12)23-19(26)25-6-4-24(5-7-25)18-15(20)10-22-11-16(18)21/h8-11H,4-7H2,1-3H3,(H,23,26). The van der Waals surface area contributed by atoms with Gasteiger partial charge in [-0.05, 0) is 31.9 Å². The second-order valence-electron chi connectivity index (χ2n) is 6.63. The van der Waals surface area contributed by atoms with Crippen molar-refractivity contribution in [1.82, 2.24) is 9.88 Å². The third kappa shape index (κ3) is 3.89. The first-order chi connectivity index (χ1) is 12.4. The van der Waals surface area contributed by atoms with E-state index in [0.717, 1.165) is 22.5 Å². The van der Waals surface area contributed by atoms with Crippen LogP contribution in [0.5, 0.6) is 0 Å². The van der Waals surface area contributed by atoms with Gasteiger partial charge in [-0.25, -0.2) is 4.79 Å². The molecule has 0 radical (unpaired) electrons. The average Bonchev–Trinajstić information content (AvgIpc) is 2.58. The van der Waals surface area contributed by atoms with Crippen molar-refractivity contribution in [3.63, 3.8) is 0 Å². The van der Waals surface area contributed by atoms with Gasteiger partial charge in [-0.15, -0.1) is 0 Å². The molecule has 0 atom stereocenters. The lowest BCUT2D eigenvalue weighted by molar-refractivity contribution is 0.208. The Balaban J connectivity index is 1.66. The van der Waals surface area contributed by atoms with Crippen molar-refractivity contribution in [2.24, 2.45) is 0 Å². The third-order valence-corrected chi connectivity index (χ3v) is 5.17. The highest BCUT2D eigenvalue weighted by Crippen LogP contribution is 2.33. The van der Waals surface area contributed by atoms with Gasteiger partial charge in [0.2, 0.25) is 0 Å². The van der Waals surface area contributed by atoms with E-state index in [1.165, 1.54) is 5.56 Å². The topological polar surface area (TPSA) is 48.5 Å². The number of piperazine rings is 1. The molecule has 1 aromatic carbocycles. The molecular formula is C19H22Cl2N4O. The zero-order chi connectivity index (χ0) is 18.8. The van der Waals surface area contributed by atoms with E-state index in [1.807, 2.05) is 18.7 Å². The fourth-order valence-corrected chi connectivity index (χ4v) is 4.01. The molecule has 2 aromatic rings. The van der Waals surface area contributed by atoms with E-state index in [4.69, 9.17) is 23.2 Å². The first-order valence-electron chi connectivity index (χ1n) is 8.54. The number of nitrogens with one attached hydrogen (secondary N) is 1.